The summed E-state index contributed by atoms with van der Waals surface area (Å²) in [5, 5.41) is 11.5. The Bertz CT molecular complexity index is 713. The van der Waals surface area contributed by atoms with E-state index in [4.69, 9.17) is 10.00 Å². The van der Waals surface area contributed by atoms with E-state index in [1.165, 1.54) is 18.2 Å². The van der Waals surface area contributed by atoms with Crippen LogP contribution in [0, 0.1) is 20.7 Å². The summed E-state index contributed by atoms with van der Waals surface area (Å²) in [7, 11) is 0. The molecule has 0 heterocycles. The minimum Gasteiger partial charge on any atom is -0.482 e. The van der Waals surface area contributed by atoms with Crippen molar-refractivity contribution in [3.63, 3.8) is 0 Å². The first-order valence-electron chi connectivity index (χ1n) is 5.97. The molecule has 0 fully saturated rings. The molecule has 21 heavy (non-hydrogen) atoms. The van der Waals surface area contributed by atoms with Gasteiger partial charge in [0.1, 0.15) is 17.6 Å². The predicted molar refractivity (Wildman–Crippen MR) is 84.4 cm³/mol. The number of nitriles is 1. The molecule has 6 heteroatoms. The Labute approximate surface area is 134 Å². The smallest absolute Gasteiger partial charge is 0.262 e. The van der Waals surface area contributed by atoms with E-state index in [1.807, 2.05) is 28.7 Å². The largest absolute Gasteiger partial charge is 0.482 e. The summed E-state index contributed by atoms with van der Waals surface area (Å²) in [4.78, 5) is 11.8. The van der Waals surface area contributed by atoms with Gasteiger partial charge in [-0.15, -0.1) is 0 Å². The summed E-state index contributed by atoms with van der Waals surface area (Å²) in [6, 6.07) is 12.7. The van der Waals surface area contributed by atoms with Crippen LogP contribution in [-0.2, 0) is 4.79 Å². The van der Waals surface area contributed by atoms with Gasteiger partial charge >= 0.3 is 0 Å². The van der Waals surface area contributed by atoms with Gasteiger partial charge in [-0.1, -0.05) is 12.1 Å². The summed E-state index contributed by atoms with van der Waals surface area (Å²) < 4.78 is 18.9. The van der Waals surface area contributed by atoms with Crippen LogP contribution in [0.25, 0.3) is 0 Å². The van der Waals surface area contributed by atoms with E-state index >= 15 is 0 Å². The Morgan fingerprint density at radius 2 is 2.10 bits per heavy atom. The van der Waals surface area contributed by atoms with Gasteiger partial charge in [0.15, 0.2) is 6.61 Å². The fourth-order valence-corrected chi connectivity index (χ4v) is 2.22. The van der Waals surface area contributed by atoms with Crippen LogP contribution in [0.1, 0.15) is 5.56 Å². The van der Waals surface area contributed by atoms with Crippen LogP contribution >= 0.6 is 22.6 Å². The van der Waals surface area contributed by atoms with Gasteiger partial charge < -0.3 is 10.1 Å². The maximum atomic E-state index is 13.0. The molecule has 0 aromatic heterocycles. The average molecular weight is 396 g/mol. The Kier molecular flexibility index (Phi) is 5.11. The lowest BCUT2D eigenvalue weighted by atomic mass is 10.2. The van der Waals surface area contributed by atoms with Crippen LogP contribution in [0.4, 0.5) is 10.1 Å². The van der Waals surface area contributed by atoms with Crippen molar-refractivity contribution in [2.24, 2.45) is 0 Å². The Morgan fingerprint density at radius 1 is 1.33 bits per heavy atom. The third-order valence-corrected chi connectivity index (χ3v) is 3.46. The van der Waals surface area contributed by atoms with Crippen molar-refractivity contribution < 1.29 is 13.9 Å². The summed E-state index contributed by atoms with van der Waals surface area (Å²) in [6.07, 6.45) is 0. The Balaban J connectivity index is 1.98. The summed E-state index contributed by atoms with van der Waals surface area (Å²) >= 11 is 1.93. The van der Waals surface area contributed by atoms with E-state index in [-0.39, 0.29) is 18.3 Å². The number of hydrogen-bond donors (Lipinski definition) is 1. The summed E-state index contributed by atoms with van der Waals surface area (Å²) in [5.74, 6) is -0.396. The third-order valence-electron chi connectivity index (χ3n) is 2.57. The van der Waals surface area contributed by atoms with Gasteiger partial charge in [0.05, 0.1) is 11.3 Å². The molecular weight excluding hydrogens is 386 g/mol. The van der Waals surface area contributed by atoms with Gasteiger partial charge in [0.25, 0.3) is 5.91 Å². The minimum atomic E-state index is -0.382. The number of anilines is 1. The average Bonchev–Trinajstić information content (AvgIpc) is 2.48. The van der Waals surface area contributed by atoms with Crippen molar-refractivity contribution in [3.05, 3.63) is 57.4 Å². The van der Waals surface area contributed by atoms with E-state index in [0.29, 0.717) is 20.6 Å². The lowest BCUT2D eigenvalue weighted by Crippen LogP contribution is -2.21. The molecule has 2 aromatic carbocycles. The number of ether oxygens (including phenoxy) is 1. The van der Waals surface area contributed by atoms with Crippen molar-refractivity contribution in [1.29, 1.82) is 5.26 Å². The molecule has 0 saturated heterocycles. The first-order chi connectivity index (χ1) is 10.1. The van der Waals surface area contributed by atoms with E-state index in [1.54, 1.807) is 24.3 Å². The standard InChI is InChI=1S/C15H10FIN2O2/c16-11-5-6-13(12(17)7-11)19-15(20)9-21-14-4-2-1-3-10(14)8-18/h1-7H,9H2,(H,19,20). The highest BCUT2D eigenvalue weighted by Crippen LogP contribution is 2.19. The number of halogens is 2. The van der Waals surface area contributed by atoms with Crippen LogP contribution in [0.2, 0.25) is 0 Å². The van der Waals surface area contributed by atoms with E-state index in [2.05, 4.69) is 5.32 Å². The summed E-state index contributed by atoms with van der Waals surface area (Å²) in [6.45, 7) is -0.230. The molecule has 106 valence electrons. The highest BCUT2D eigenvalue weighted by atomic mass is 127. The second kappa shape index (κ2) is 7.04. The van der Waals surface area contributed by atoms with Crippen molar-refractivity contribution >= 4 is 34.2 Å². The molecule has 4 nitrogen and oxygen atoms in total. The number of para-hydroxylation sites is 1. The first kappa shape index (κ1) is 15.3. The second-order valence-corrected chi connectivity index (χ2v) is 5.23. The van der Waals surface area contributed by atoms with Crippen molar-refractivity contribution in [2.45, 2.75) is 0 Å². The molecule has 0 radical (unpaired) electrons. The van der Waals surface area contributed by atoms with Gasteiger partial charge in [-0.2, -0.15) is 5.26 Å². The minimum absolute atomic E-state index is 0.230. The number of nitrogens with one attached hydrogen (secondary N) is 1. The van der Waals surface area contributed by atoms with Crippen molar-refractivity contribution in [2.75, 3.05) is 11.9 Å². The van der Waals surface area contributed by atoms with Crippen LogP contribution in [0.15, 0.2) is 42.5 Å². The van der Waals surface area contributed by atoms with E-state index in [0.717, 1.165) is 0 Å². The van der Waals surface area contributed by atoms with Gasteiger partial charge in [-0.3, -0.25) is 4.79 Å². The van der Waals surface area contributed by atoms with Gasteiger partial charge in [0.2, 0.25) is 0 Å². The monoisotopic (exact) mass is 396 g/mol. The SMILES string of the molecule is N#Cc1ccccc1OCC(=O)Nc1ccc(F)cc1I. The predicted octanol–water partition coefficient (Wildman–Crippen LogP) is 3.32. The van der Waals surface area contributed by atoms with Gasteiger partial charge in [0, 0.05) is 3.57 Å². The van der Waals surface area contributed by atoms with Crippen LogP contribution in [0.3, 0.4) is 0 Å². The number of rotatable bonds is 4. The maximum absolute atomic E-state index is 13.0. The molecule has 0 saturated carbocycles. The van der Waals surface area contributed by atoms with Crippen molar-refractivity contribution in [3.8, 4) is 11.8 Å². The fraction of sp³-hybridized carbons (Fsp3) is 0.0667. The highest BCUT2D eigenvalue weighted by molar-refractivity contribution is 14.1. The molecule has 0 spiro atoms. The van der Waals surface area contributed by atoms with Crippen LogP contribution in [-0.4, -0.2) is 12.5 Å². The number of carbonyl (C=O) groups is 1. The molecule has 0 aliphatic rings. The molecule has 2 rings (SSSR count). The maximum Gasteiger partial charge on any atom is 0.262 e. The number of hydrogen-bond acceptors (Lipinski definition) is 3. The zero-order valence-electron chi connectivity index (χ0n) is 10.8. The number of nitrogens with zero attached hydrogens (tertiary/aromatic N) is 1. The molecule has 0 aliphatic heterocycles. The first-order valence-corrected chi connectivity index (χ1v) is 7.05. The second-order valence-electron chi connectivity index (χ2n) is 4.07. The molecule has 0 unspecified atom stereocenters. The zero-order chi connectivity index (χ0) is 15.2. The number of amides is 1. The molecule has 0 atom stereocenters. The van der Waals surface area contributed by atoms with Crippen molar-refractivity contribution in [1.82, 2.24) is 0 Å². The molecule has 2 aromatic rings. The van der Waals surface area contributed by atoms with E-state index < -0.39 is 0 Å². The molecule has 0 aliphatic carbocycles. The van der Waals surface area contributed by atoms with Gasteiger partial charge in [-0.25, -0.2) is 4.39 Å². The third kappa shape index (κ3) is 4.16. The lowest BCUT2D eigenvalue weighted by Gasteiger charge is -2.09. The molecular formula is C15H10FIN2O2. The lowest BCUT2D eigenvalue weighted by molar-refractivity contribution is -0.118. The molecule has 1 N–H and O–H groups in total. The van der Waals surface area contributed by atoms with E-state index in [9.17, 15) is 9.18 Å². The molecule has 1 amide bonds. The van der Waals surface area contributed by atoms with Crippen LogP contribution < -0.4 is 10.1 Å². The quantitative estimate of drug-likeness (QED) is 0.807. The fourth-order valence-electron chi connectivity index (χ4n) is 1.61. The Morgan fingerprint density at radius 3 is 2.81 bits per heavy atom. The highest BCUT2D eigenvalue weighted by Gasteiger charge is 2.09. The van der Waals surface area contributed by atoms with Gasteiger partial charge in [-0.05, 0) is 52.9 Å². The number of carbonyl (C=O) groups excluding carboxylic acids is 1. The zero-order valence-corrected chi connectivity index (χ0v) is 12.9. The summed E-state index contributed by atoms with van der Waals surface area (Å²) in [5.41, 5.74) is 0.876. The Hall–Kier alpha value is -2.14. The van der Waals surface area contributed by atoms with Crippen LogP contribution in [0.5, 0.6) is 5.75 Å². The topological polar surface area (TPSA) is 62.1 Å². The number of benzene rings is 2. The normalized spacial score (nSPS) is 9.76. The molecule has 0 bridgehead atoms.